The second-order valence-corrected chi connectivity index (χ2v) is 5.86. The van der Waals surface area contributed by atoms with Gasteiger partial charge in [-0.15, -0.1) is 12.4 Å². The van der Waals surface area contributed by atoms with Crippen molar-refractivity contribution in [1.29, 1.82) is 0 Å². The summed E-state index contributed by atoms with van der Waals surface area (Å²) < 4.78 is 4.61. The highest BCUT2D eigenvalue weighted by atomic mass is 35.5. The van der Waals surface area contributed by atoms with E-state index >= 15 is 0 Å². The van der Waals surface area contributed by atoms with Crippen LogP contribution >= 0.6 is 12.4 Å². The number of carbonyl (C=O) groups excluding carboxylic acids is 1. The van der Waals surface area contributed by atoms with Gasteiger partial charge in [-0.3, -0.25) is 4.79 Å². The number of ether oxygens (including phenoxy) is 1. The van der Waals surface area contributed by atoms with Gasteiger partial charge in [0.1, 0.15) is 0 Å². The topological polar surface area (TPSA) is 52.3 Å². The Hall–Kier alpha value is -0.280. The molecule has 0 spiro atoms. The van der Waals surface area contributed by atoms with Gasteiger partial charge < -0.3 is 10.5 Å². The molecule has 1 atom stereocenters. The van der Waals surface area contributed by atoms with Gasteiger partial charge in [0.2, 0.25) is 0 Å². The van der Waals surface area contributed by atoms with Crippen LogP contribution in [0.4, 0.5) is 0 Å². The third kappa shape index (κ3) is 17.7. The molecule has 0 radical (unpaired) electrons. The first kappa shape index (κ1) is 23.0. The normalized spacial score (nSPS) is 11.8. The SMILES string of the molecule is CCCCCCCCCCCCC[C@H](N)CC(=O)OC.Cl. The molecule has 0 saturated carbocycles. The molecule has 2 N–H and O–H groups in total. The number of esters is 1. The van der Waals surface area contributed by atoms with Crippen LogP contribution in [0.1, 0.15) is 90.4 Å². The Morgan fingerprint density at radius 1 is 0.905 bits per heavy atom. The van der Waals surface area contributed by atoms with Gasteiger partial charge in [0.25, 0.3) is 0 Å². The fourth-order valence-corrected chi connectivity index (χ4v) is 2.47. The molecular weight excluding hydrogens is 286 g/mol. The van der Waals surface area contributed by atoms with Crippen LogP contribution in [0.2, 0.25) is 0 Å². The first-order valence-electron chi connectivity index (χ1n) is 8.53. The molecule has 0 amide bonds. The van der Waals surface area contributed by atoms with Crippen molar-refractivity contribution in [3.05, 3.63) is 0 Å². The zero-order valence-electron chi connectivity index (χ0n) is 14.1. The minimum atomic E-state index is -0.194. The molecule has 0 aromatic rings. The van der Waals surface area contributed by atoms with Gasteiger partial charge in [-0.05, 0) is 6.42 Å². The first-order valence-corrected chi connectivity index (χ1v) is 8.53. The summed E-state index contributed by atoms with van der Waals surface area (Å²) in [5.41, 5.74) is 5.87. The molecule has 0 bridgehead atoms. The second-order valence-electron chi connectivity index (χ2n) is 5.86. The molecule has 3 nitrogen and oxygen atoms in total. The van der Waals surface area contributed by atoms with Gasteiger partial charge in [0.15, 0.2) is 0 Å². The Labute approximate surface area is 137 Å². The van der Waals surface area contributed by atoms with Gasteiger partial charge in [-0.1, -0.05) is 77.6 Å². The van der Waals surface area contributed by atoms with E-state index in [0.29, 0.717) is 6.42 Å². The molecule has 0 rings (SSSR count). The second kappa shape index (κ2) is 17.8. The van der Waals surface area contributed by atoms with Crippen LogP contribution in [0.15, 0.2) is 0 Å². The Morgan fingerprint density at radius 3 is 1.76 bits per heavy atom. The molecular formula is C17H36ClNO2. The van der Waals surface area contributed by atoms with Gasteiger partial charge in [-0.25, -0.2) is 0 Å². The van der Waals surface area contributed by atoms with Crippen LogP contribution in [-0.2, 0) is 9.53 Å². The number of hydrogen-bond donors (Lipinski definition) is 1. The van der Waals surface area contributed by atoms with E-state index in [1.165, 1.54) is 71.3 Å². The van der Waals surface area contributed by atoms with Crippen molar-refractivity contribution in [2.24, 2.45) is 5.73 Å². The largest absolute Gasteiger partial charge is 0.469 e. The Bertz CT molecular complexity index is 225. The van der Waals surface area contributed by atoms with Crippen molar-refractivity contribution in [2.45, 2.75) is 96.4 Å². The first-order chi connectivity index (χ1) is 9.70. The van der Waals surface area contributed by atoms with Crippen molar-refractivity contribution in [2.75, 3.05) is 7.11 Å². The van der Waals surface area contributed by atoms with Gasteiger partial charge >= 0.3 is 5.97 Å². The van der Waals surface area contributed by atoms with E-state index in [4.69, 9.17) is 5.73 Å². The smallest absolute Gasteiger partial charge is 0.307 e. The van der Waals surface area contributed by atoms with E-state index < -0.39 is 0 Å². The molecule has 0 fully saturated rings. The standard InChI is InChI=1S/C17H35NO2.ClH/c1-3-4-5-6-7-8-9-10-11-12-13-14-16(18)15-17(19)20-2;/h16H,3-15,18H2,1-2H3;1H/t16-;/m0./s1. The molecule has 0 heterocycles. The van der Waals surface area contributed by atoms with Gasteiger partial charge in [0.05, 0.1) is 13.5 Å². The molecule has 0 aliphatic heterocycles. The minimum Gasteiger partial charge on any atom is -0.469 e. The average molecular weight is 322 g/mol. The van der Waals surface area contributed by atoms with Crippen LogP contribution in [0.5, 0.6) is 0 Å². The van der Waals surface area contributed by atoms with Crippen molar-refractivity contribution >= 4 is 18.4 Å². The third-order valence-electron chi connectivity index (χ3n) is 3.83. The van der Waals surface area contributed by atoms with Crippen LogP contribution in [0.3, 0.4) is 0 Å². The number of nitrogens with two attached hydrogens (primary N) is 1. The van der Waals surface area contributed by atoms with Gasteiger partial charge in [-0.2, -0.15) is 0 Å². The zero-order chi connectivity index (χ0) is 15.1. The van der Waals surface area contributed by atoms with Crippen molar-refractivity contribution in [3.8, 4) is 0 Å². The van der Waals surface area contributed by atoms with Crippen LogP contribution in [0, 0.1) is 0 Å². The Morgan fingerprint density at radius 2 is 1.33 bits per heavy atom. The highest BCUT2D eigenvalue weighted by molar-refractivity contribution is 5.85. The van der Waals surface area contributed by atoms with Crippen molar-refractivity contribution < 1.29 is 9.53 Å². The molecule has 128 valence electrons. The number of hydrogen-bond acceptors (Lipinski definition) is 3. The fraction of sp³-hybridized carbons (Fsp3) is 0.941. The van der Waals surface area contributed by atoms with Crippen LogP contribution < -0.4 is 5.73 Å². The summed E-state index contributed by atoms with van der Waals surface area (Å²) >= 11 is 0. The van der Waals surface area contributed by atoms with E-state index in [0.717, 1.165) is 12.8 Å². The summed E-state index contributed by atoms with van der Waals surface area (Å²) in [6.45, 7) is 2.26. The third-order valence-corrected chi connectivity index (χ3v) is 3.83. The summed E-state index contributed by atoms with van der Waals surface area (Å²) in [4.78, 5) is 11.0. The van der Waals surface area contributed by atoms with E-state index in [1.807, 2.05) is 0 Å². The quantitative estimate of drug-likeness (QED) is 0.362. The zero-order valence-corrected chi connectivity index (χ0v) is 14.9. The fourth-order valence-electron chi connectivity index (χ4n) is 2.47. The lowest BCUT2D eigenvalue weighted by Gasteiger charge is -2.09. The molecule has 0 aromatic heterocycles. The maximum atomic E-state index is 11.0. The number of rotatable bonds is 14. The Kier molecular flexibility index (Phi) is 19.5. The number of halogens is 1. The highest BCUT2D eigenvalue weighted by Crippen LogP contribution is 2.12. The maximum Gasteiger partial charge on any atom is 0.307 e. The average Bonchev–Trinajstić information content (AvgIpc) is 2.44. The molecule has 4 heteroatoms. The minimum absolute atomic E-state index is 0. The number of unbranched alkanes of at least 4 members (excludes halogenated alkanes) is 10. The van der Waals surface area contributed by atoms with Crippen molar-refractivity contribution in [3.63, 3.8) is 0 Å². The van der Waals surface area contributed by atoms with E-state index in [2.05, 4.69) is 11.7 Å². The predicted octanol–water partition coefficient (Wildman–Crippen LogP) is 5.00. The maximum absolute atomic E-state index is 11.0. The molecule has 0 unspecified atom stereocenters. The molecule has 0 saturated heterocycles. The summed E-state index contributed by atoms with van der Waals surface area (Å²) in [5.74, 6) is -0.194. The summed E-state index contributed by atoms with van der Waals surface area (Å²) in [6.07, 6.45) is 16.0. The van der Waals surface area contributed by atoms with Gasteiger partial charge in [0, 0.05) is 6.04 Å². The molecule has 0 aliphatic rings. The van der Waals surface area contributed by atoms with Crippen LogP contribution in [-0.4, -0.2) is 19.1 Å². The molecule has 0 aromatic carbocycles. The monoisotopic (exact) mass is 321 g/mol. The lowest BCUT2D eigenvalue weighted by molar-refractivity contribution is -0.141. The summed E-state index contributed by atoms with van der Waals surface area (Å²) in [6, 6.07) is -0.0268. The van der Waals surface area contributed by atoms with Crippen molar-refractivity contribution in [1.82, 2.24) is 0 Å². The summed E-state index contributed by atoms with van der Waals surface area (Å²) in [5, 5.41) is 0. The lowest BCUT2D eigenvalue weighted by Crippen LogP contribution is -2.24. The van der Waals surface area contributed by atoms with E-state index in [9.17, 15) is 4.79 Å². The Balaban J connectivity index is 0. The number of carbonyl (C=O) groups is 1. The highest BCUT2D eigenvalue weighted by Gasteiger charge is 2.08. The molecule has 21 heavy (non-hydrogen) atoms. The van der Waals surface area contributed by atoms with E-state index in [-0.39, 0.29) is 24.4 Å². The predicted molar refractivity (Wildman–Crippen MR) is 92.9 cm³/mol. The summed E-state index contributed by atoms with van der Waals surface area (Å²) in [7, 11) is 1.41. The molecule has 0 aliphatic carbocycles. The lowest BCUT2D eigenvalue weighted by atomic mass is 10.0. The number of methoxy groups -OCH3 is 1. The van der Waals surface area contributed by atoms with Crippen LogP contribution in [0.25, 0.3) is 0 Å². The van der Waals surface area contributed by atoms with E-state index in [1.54, 1.807) is 0 Å².